The largest absolute Gasteiger partial charge is 0.507 e. The molecule has 1 heterocycles. The number of piperazine rings is 1. The van der Waals surface area contributed by atoms with E-state index in [0.717, 1.165) is 16.9 Å². The van der Waals surface area contributed by atoms with E-state index < -0.39 is 0 Å². The van der Waals surface area contributed by atoms with Crippen molar-refractivity contribution in [1.82, 2.24) is 9.80 Å². The molecule has 0 aromatic heterocycles. The van der Waals surface area contributed by atoms with Crippen LogP contribution < -0.4 is 4.74 Å². The molecule has 1 aliphatic heterocycles. The molecule has 0 unspecified atom stereocenters. The average Bonchev–Trinajstić information content (AvgIpc) is 2.77. The zero-order chi connectivity index (χ0) is 21.7. The number of benzene rings is 2. The molecule has 0 spiro atoms. The lowest BCUT2D eigenvalue weighted by Crippen LogP contribution is -2.50. The van der Waals surface area contributed by atoms with Crippen molar-refractivity contribution < 1.29 is 19.4 Å². The standard InChI is InChI=1S/C24H30N2O4/c1-17(2)19-7-10-22(27)21(16-19)24(29)26-14-12-25(13-15-26)23(28)11-6-18-4-8-20(30-3)9-5-18/h4-5,7-10,16-17,27H,6,11-15H2,1-3H3. The number of phenolic OH excluding ortho intramolecular Hbond substituents is 1. The van der Waals surface area contributed by atoms with Gasteiger partial charge in [-0.25, -0.2) is 0 Å². The number of nitrogens with zero attached hydrogens (tertiary/aromatic N) is 2. The number of aromatic hydroxyl groups is 1. The van der Waals surface area contributed by atoms with Crippen molar-refractivity contribution in [2.45, 2.75) is 32.6 Å². The fourth-order valence-corrected chi connectivity index (χ4v) is 3.61. The monoisotopic (exact) mass is 410 g/mol. The molecule has 6 heteroatoms. The van der Waals surface area contributed by atoms with Gasteiger partial charge in [-0.2, -0.15) is 0 Å². The summed E-state index contributed by atoms with van der Waals surface area (Å²) in [5.41, 5.74) is 2.45. The summed E-state index contributed by atoms with van der Waals surface area (Å²) in [6, 6.07) is 12.9. The maximum absolute atomic E-state index is 12.9. The van der Waals surface area contributed by atoms with Crippen molar-refractivity contribution in [2.75, 3.05) is 33.3 Å². The first-order valence-corrected chi connectivity index (χ1v) is 10.4. The molecule has 1 saturated heterocycles. The average molecular weight is 411 g/mol. The molecule has 2 aromatic rings. The third-order valence-electron chi connectivity index (χ3n) is 5.62. The van der Waals surface area contributed by atoms with Gasteiger partial charge in [0.15, 0.2) is 0 Å². The van der Waals surface area contributed by atoms with Crippen LogP contribution in [0.25, 0.3) is 0 Å². The van der Waals surface area contributed by atoms with Crippen LogP contribution in [0.3, 0.4) is 0 Å². The summed E-state index contributed by atoms with van der Waals surface area (Å²) in [6.07, 6.45) is 1.12. The number of hydrogen-bond donors (Lipinski definition) is 1. The van der Waals surface area contributed by atoms with Gasteiger partial charge in [-0.05, 0) is 47.7 Å². The van der Waals surface area contributed by atoms with Gasteiger partial charge in [0.1, 0.15) is 11.5 Å². The van der Waals surface area contributed by atoms with E-state index in [2.05, 4.69) is 13.8 Å². The number of phenols is 1. The van der Waals surface area contributed by atoms with Crippen LogP contribution in [0.5, 0.6) is 11.5 Å². The van der Waals surface area contributed by atoms with Gasteiger partial charge in [0, 0.05) is 32.6 Å². The van der Waals surface area contributed by atoms with Gasteiger partial charge in [-0.3, -0.25) is 9.59 Å². The Hall–Kier alpha value is -3.02. The fourth-order valence-electron chi connectivity index (χ4n) is 3.61. The molecule has 0 saturated carbocycles. The fraction of sp³-hybridized carbons (Fsp3) is 0.417. The van der Waals surface area contributed by atoms with Crippen LogP contribution in [-0.2, 0) is 11.2 Å². The maximum Gasteiger partial charge on any atom is 0.257 e. The lowest BCUT2D eigenvalue weighted by molar-refractivity contribution is -0.132. The Morgan fingerprint density at radius 1 is 1.00 bits per heavy atom. The third kappa shape index (κ3) is 5.12. The predicted octanol–water partition coefficient (Wildman–Crippen LogP) is 3.44. The molecule has 1 aliphatic rings. The molecule has 0 bridgehead atoms. The molecule has 2 aromatic carbocycles. The van der Waals surface area contributed by atoms with Crippen LogP contribution in [0.1, 0.15) is 47.7 Å². The molecule has 0 atom stereocenters. The number of carbonyl (C=O) groups is 2. The topological polar surface area (TPSA) is 70.1 Å². The highest BCUT2D eigenvalue weighted by Crippen LogP contribution is 2.25. The van der Waals surface area contributed by atoms with E-state index >= 15 is 0 Å². The molecule has 6 nitrogen and oxygen atoms in total. The summed E-state index contributed by atoms with van der Waals surface area (Å²) in [4.78, 5) is 29.0. The van der Waals surface area contributed by atoms with E-state index in [4.69, 9.17) is 4.74 Å². The summed E-state index contributed by atoms with van der Waals surface area (Å²) in [5.74, 6) is 0.999. The number of ether oxygens (including phenoxy) is 1. The number of carbonyl (C=O) groups excluding carboxylic acids is 2. The van der Waals surface area contributed by atoms with Crippen molar-refractivity contribution in [3.05, 3.63) is 59.2 Å². The van der Waals surface area contributed by atoms with E-state index in [0.29, 0.717) is 44.6 Å². The summed E-state index contributed by atoms with van der Waals surface area (Å²) in [7, 11) is 1.63. The smallest absolute Gasteiger partial charge is 0.257 e. The molecule has 1 fully saturated rings. The van der Waals surface area contributed by atoms with Crippen LogP contribution in [0.4, 0.5) is 0 Å². The first-order chi connectivity index (χ1) is 14.4. The van der Waals surface area contributed by atoms with Crippen LogP contribution >= 0.6 is 0 Å². The lowest BCUT2D eigenvalue weighted by atomic mass is 9.99. The van der Waals surface area contributed by atoms with Crippen molar-refractivity contribution in [3.63, 3.8) is 0 Å². The predicted molar refractivity (Wildman–Crippen MR) is 116 cm³/mol. The van der Waals surface area contributed by atoms with Crippen molar-refractivity contribution in [3.8, 4) is 11.5 Å². The molecular weight excluding hydrogens is 380 g/mol. The molecule has 0 radical (unpaired) electrons. The molecule has 3 rings (SSSR count). The van der Waals surface area contributed by atoms with Gasteiger partial charge < -0.3 is 19.6 Å². The Bertz CT molecular complexity index is 885. The van der Waals surface area contributed by atoms with Crippen LogP contribution in [0.15, 0.2) is 42.5 Å². The van der Waals surface area contributed by atoms with Gasteiger partial charge in [-0.15, -0.1) is 0 Å². The Balaban J connectivity index is 1.53. The molecule has 2 amide bonds. The third-order valence-corrected chi connectivity index (χ3v) is 5.62. The minimum Gasteiger partial charge on any atom is -0.507 e. The number of amides is 2. The van der Waals surface area contributed by atoms with Gasteiger partial charge >= 0.3 is 0 Å². The number of aryl methyl sites for hydroxylation is 1. The maximum atomic E-state index is 12.9. The van der Waals surface area contributed by atoms with Gasteiger partial charge in [0.2, 0.25) is 5.91 Å². The lowest BCUT2D eigenvalue weighted by Gasteiger charge is -2.35. The van der Waals surface area contributed by atoms with Gasteiger partial charge in [0.05, 0.1) is 12.7 Å². The first kappa shape index (κ1) is 21.7. The zero-order valence-corrected chi connectivity index (χ0v) is 17.9. The van der Waals surface area contributed by atoms with E-state index in [1.54, 1.807) is 24.1 Å². The van der Waals surface area contributed by atoms with E-state index in [1.165, 1.54) is 0 Å². The molecular formula is C24H30N2O4. The second kappa shape index (κ2) is 9.65. The molecule has 0 aliphatic carbocycles. The normalized spacial score (nSPS) is 14.1. The minimum absolute atomic E-state index is 0.00222. The van der Waals surface area contributed by atoms with Crippen LogP contribution in [0.2, 0.25) is 0 Å². The van der Waals surface area contributed by atoms with E-state index in [-0.39, 0.29) is 23.5 Å². The Morgan fingerprint density at radius 2 is 1.63 bits per heavy atom. The van der Waals surface area contributed by atoms with Gasteiger partial charge in [0.25, 0.3) is 5.91 Å². The SMILES string of the molecule is COc1ccc(CCC(=O)N2CCN(C(=O)c3cc(C(C)C)ccc3O)CC2)cc1. The van der Waals surface area contributed by atoms with Crippen molar-refractivity contribution >= 4 is 11.8 Å². The second-order valence-electron chi connectivity index (χ2n) is 7.95. The van der Waals surface area contributed by atoms with Gasteiger partial charge in [-0.1, -0.05) is 32.0 Å². The minimum atomic E-state index is -0.180. The highest BCUT2D eigenvalue weighted by atomic mass is 16.5. The summed E-state index contributed by atoms with van der Waals surface area (Å²) >= 11 is 0. The molecule has 30 heavy (non-hydrogen) atoms. The highest BCUT2D eigenvalue weighted by Gasteiger charge is 2.26. The second-order valence-corrected chi connectivity index (χ2v) is 7.95. The quantitative estimate of drug-likeness (QED) is 0.792. The summed E-state index contributed by atoms with van der Waals surface area (Å²) in [5, 5.41) is 10.1. The Kier molecular flexibility index (Phi) is 6.98. The van der Waals surface area contributed by atoms with E-state index in [9.17, 15) is 14.7 Å². The van der Waals surface area contributed by atoms with Crippen LogP contribution in [-0.4, -0.2) is 60.0 Å². The van der Waals surface area contributed by atoms with E-state index in [1.807, 2.05) is 35.2 Å². The number of hydrogen-bond acceptors (Lipinski definition) is 4. The van der Waals surface area contributed by atoms with Crippen molar-refractivity contribution in [1.29, 1.82) is 0 Å². The zero-order valence-electron chi connectivity index (χ0n) is 17.9. The summed E-state index contributed by atoms with van der Waals surface area (Å²) < 4.78 is 5.15. The summed E-state index contributed by atoms with van der Waals surface area (Å²) in [6.45, 7) is 6.07. The highest BCUT2D eigenvalue weighted by molar-refractivity contribution is 5.97. The first-order valence-electron chi connectivity index (χ1n) is 10.4. The number of methoxy groups -OCH3 is 1. The Labute approximate surface area is 178 Å². The van der Waals surface area contributed by atoms with Crippen molar-refractivity contribution in [2.24, 2.45) is 0 Å². The van der Waals surface area contributed by atoms with Crippen LogP contribution in [0, 0.1) is 0 Å². The number of rotatable bonds is 6. The molecule has 160 valence electrons. The molecule has 1 N–H and O–H groups in total. The Morgan fingerprint density at radius 3 is 2.23 bits per heavy atom.